The Morgan fingerprint density at radius 2 is 1.74 bits per heavy atom. The van der Waals surface area contributed by atoms with Crippen molar-refractivity contribution in [2.75, 3.05) is 6.61 Å². The van der Waals surface area contributed by atoms with Crippen LogP contribution in [0.25, 0.3) is 0 Å². The molecule has 0 unspecified atom stereocenters. The lowest BCUT2D eigenvalue weighted by atomic mass is 10.2. The number of hydrazone groups is 1. The number of carbonyl (C=O) groups excluding carboxylic acids is 2. The molecule has 0 radical (unpaired) electrons. The van der Waals surface area contributed by atoms with E-state index in [4.69, 9.17) is 9.47 Å². The van der Waals surface area contributed by atoms with Gasteiger partial charge in [-0.3, -0.25) is 4.79 Å². The largest absolute Gasteiger partial charge is 0.490 e. The lowest BCUT2D eigenvalue weighted by Crippen LogP contribution is -2.18. The molecular weight excluding hydrogens is 528 g/mol. The van der Waals surface area contributed by atoms with Gasteiger partial charge in [0.1, 0.15) is 0 Å². The van der Waals surface area contributed by atoms with Gasteiger partial charge in [0.25, 0.3) is 5.91 Å². The number of amides is 1. The zero-order valence-electron chi connectivity index (χ0n) is 16.5. The highest BCUT2D eigenvalue weighted by molar-refractivity contribution is 9.10. The fourth-order valence-corrected chi connectivity index (χ4v) is 3.30. The number of esters is 1. The second-order valence-electron chi connectivity index (χ2n) is 6.21. The van der Waals surface area contributed by atoms with Crippen LogP contribution < -0.4 is 14.9 Å². The molecule has 0 aliphatic rings. The predicted molar refractivity (Wildman–Crippen MR) is 126 cm³/mol. The van der Waals surface area contributed by atoms with E-state index >= 15 is 0 Å². The fraction of sp³-hybridized carbons (Fsp3) is 0.0870. The highest BCUT2D eigenvalue weighted by Crippen LogP contribution is 2.29. The standard InChI is InChI=1S/C23H18Br2N2O4/c1-2-30-21-13-15(14-26-27-22(28)18-5-3-4-6-19(18)25)7-12-20(21)31-23(29)16-8-10-17(24)11-9-16/h3-14H,2H2,1H3,(H,27,28)/b26-14-. The summed E-state index contributed by atoms with van der Waals surface area (Å²) in [5.41, 5.74) is 4.05. The summed E-state index contributed by atoms with van der Waals surface area (Å²) < 4.78 is 12.6. The van der Waals surface area contributed by atoms with Crippen molar-refractivity contribution in [1.82, 2.24) is 5.43 Å². The van der Waals surface area contributed by atoms with Gasteiger partial charge < -0.3 is 9.47 Å². The molecule has 0 heterocycles. The number of rotatable bonds is 7. The van der Waals surface area contributed by atoms with E-state index < -0.39 is 5.97 Å². The normalized spacial score (nSPS) is 10.7. The number of nitrogens with zero attached hydrogens (tertiary/aromatic N) is 1. The molecule has 1 N–H and O–H groups in total. The zero-order chi connectivity index (χ0) is 22.2. The van der Waals surface area contributed by atoms with Gasteiger partial charge in [-0.15, -0.1) is 0 Å². The minimum atomic E-state index is -0.490. The van der Waals surface area contributed by atoms with Crippen LogP contribution in [-0.2, 0) is 0 Å². The Hall–Kier alpha value is -2.97. The fourth-order valence-electron chi connectivity index (χ4n) is 2.57. The summed E-state index contributed by atoms with van der Waals surface area (Å²) in [6.45, 7) is 2.22. The van der Waals surface area contributed by atoms with Crippen LogP contribution in [0.1, 0.15) is 33.2 Å². The molecule has 31 heavy (non-hydrogen) atoms. The van der Waals surface area contributed by atoms with Crippen LogP contribution in [0.5, 0.6) is 11.5 Å². The van der Waals surface area contributed by atoms with Gasteiger partial charge in [0.15, 0.2) is 11.5 Å². The maximum atomic E-state index is 12.4. The van der Waals surface area contributed by atoms with E-state index in [1.165, 1.54) is 6.21 Å². The zero-order valence-corrected chi connectivity index (χ0v) is 19.6. The van der Waals surface area contributed by atoms with Gasteiger partial charge >= 0.3 is 5.97 Å². The quantitative estimate of drug-likeness (QED) is 0.182. The summed E-state index contributed by atoms with van der Waals surface area (Å²) in [6, 6.07) is 18.9. The summed E-state index contributed by atoms with van der Waals surface area (Å²) in [7, 11) is 0. The summed E-state index contributed by atoms with van der Waals surface area (Å²) in [4.78, 5) is 24.6. The molecule has 0 spiro atoms. The number of hydrogen-bond acceptors (Lipinski definition) is 5. The first kappa shape index (κ1) is 22.7. The molecule has 0 fully saturated rings. The number of halogens is 2. The topological polar surface area (TPSA) is 77.0 Å². The molecule has 0 aliphatic heterocycles. The van der Waals surface area contributed by atoms with Gasteiger partial charge in [-0.2, -0.15) is 5.10 Å². The van der Waals surface area contributed by atoms with Gasteiger partial charge in [-0.1, -0.05) is 28.1 Å². The molecule has 8 heteroatoms. The number of carbonyl (C=O) groups is 2. The third-order valence-electron chi connectivity index (χ3n) is 4.05. The van der Waals surface area contributed by atoms with Crippen molar-refractivity contribution >= 4 is 50.0 Å². The summed E-state index contributed by atoms with van der Waals surface area (Å²) in [5, 5.41) is 3.99. The number of nitrogens with one attached hydrogen (secondary N) is 1. The summed E-state index contributed by atoms with van der Waals surface area (Å²) in [5.74, 6) is -0.136. The smallest absolute Gasteiger partial charge is 0.343 e. The first-order valence-corrected chi connectivity index (χ1v) is 10.9. The molecule has 3 aromatic carbocycles. The molecule has 158 valence electrons. The van der Waals surface area contributed by atoms with E-state index in [9.17, 15) is 9.59 Å². The Morgan fingerprint density at radius 3 is 2.45 bits per heavy atom. The van der Waals surface area contributed by atoms with Crippen molar-refractivity contribution in [1.29, 1.82) is 0 Å². The Morgan fingerprint density at radius 1 is 1.00 bits per heavy atom. The Balaban J connectivity index is 1.71. The molecular formula is C23H18Br2N2O4. The van der Waals surface area contributed by atoms with E-state index in [2.05, 4.69) is 42.4 Å². The van der Waals surface area contributed by atoms with Gasteiger partial charge in [-0.25, -0.2) is 10.2 Å². The third-order valence-corrected chi connectivity index (χ3v) is 5.27. The van der Waals surface area contributed by atoms with Gasteiger partial charge in [0.2, 0.25) is 0 Å². The predicted octanol–water partition coefficient (Wildman–Crippen LogP) is 5.59. The van der Waals surface area contributed by atoms with Crippen molar-refractivity contribution in [3.05, 3.63) is 92.4 Å². The minimum Gasteiger partial charge on any atom is -0.490 e. The summed E-state index contributed by atoms with van der Waals surface area (Å²) in [6.07, 6.45) is 1.48. The van der Waals surface area contributed by atoms with Crippen molar-refractivity contribution < 1.29 is 19.1 Å². The Kier molecular flexibility index (Phi) is 7.97. The van der Waals surface area contributed by atoms with Crippen molar-refractivity contribution in [2.24, 2.45) is 5.10 Å². The van der Waals surface area contributed by atoms with Gasteiger partial charge in [-0.05, 0) is 83.0 Å². The molecule has 0 bridgehead atoms. The lowest BCUT2D eigenvalue weighted by Gasteiger charge is -2.11. The first-order chi connectivity index (χ1) is 15.0. The van der Waals surface area contributed by atoms with Crippen LogP contribution in [0, 0.1) is 0 Å². The SMILES string of the molecule is CCOc1cc(/C=N\NC(=O)c2ccccc2Br)ccc1OC(=O)c1ccc(Br)cc1. The maximum absolute atomic E-state index is 12.4. The van der Waals surface area contributed by atoms with Crippen LogP contribution in [0.4, 0.5) is 0 Å². The van der Waals surface area contributed by atoms with E-state index in [1.54, 1.807) is 60.7 Å². The molecule has 3 rings (SSSR count). The van der Waals surface area contributed by atoms with Crippen molar-refractivity contribution in [3.8, 4) is 11.5 Å². The highest BCUT2D eigenvalue weighted by atomic mass is 79.9. The van der Waals surface area contributed by atoms with Crippen LogP contribution >= 0.6 is 31.9 Å². The Bertz CT molecular complexity index is 1110. The minimum absolute atomic E-state index is 0.296. The molecule has 3 aromatic rings. The molecule has 0 atom stereocenters. The van der Waals surface area contributed by atoms with E-state index in [0.29, 0.717) is 39.3 Å². The van der Waals surface area contributed by atoms with Gasteiger partial charge in [0, 0.05) is 8.95 Å². The van der Waals surface area contributed by atoms with Crippen LogP contribution in [0.2, 0.25) is 0 Å². The first-order valence-electron chi connectivity index (χ1n) is 9.30. The molecule has 6 nitrogen and oxygen atoms in total. The Labute approximate surface area is 196 Å². The molecule has 0 aliphatic carbocycles. The van der Waals surface area contributed by atoms with Crippen LogP contribution in [0.3, 0.4) is 0 Å². The number of benzene rings is 3. The molecule has 1 amide bonds. The van der Waals surface area contributed by atoms with E-state index in [1.807, 2.05) is 13.0 Å². The van der Waals surface area contributed by atoms with Crippen LogP contribution in [-0.4, -0.2) is 24.7 Å². The molecule has 0 saturated heterocycles. The number of ether oxygens (including phenoxy) is 2. The van der Waals surface area contributed by atoms with Gasteiger partial charge in [0.05, 0.1) is 23.9 Å². The molecule has 0 saturated carbocycles. The number of hydrogen-bond donors (Lipinski definition) is 1. The van der Waals surface area contributed by atoms with Crippen LogP contribution in [0.15, 0.2) is 80.8 Å². The van der Waals surface area contributed by atoms with Crippen molar-refractivity contribution in [2.45, 2.75) is 6.92 Å². The average Bonchev–Trinajstić information content (AvgIpc) is 2.76. The lowest BCUT2D eigenvalue weighted by molar-refractivity contribution is 0.0728. The highest BCUT2D eigenvalue weighted by Gasteiger charge is 2.13. The monoisotopic (exact) mass is 544 g/mol. The maximum Gasteiger partial charge on any atom is 0.343 e. The van der Waals surface area contributed by atoms with E-state index in [-0.39, 0.29) is 5.91 Å². The third kappa shape index (κ3) is 6.26. The van der Waals surface area contributed by atoms with E-state index in [0.717, 1.165) is 4.47 Å². The van der Waals surface area contributed by atoms with Crippen molar-refractivity contribution in [3.63, 3.8) is 0 Å². The molecule has 0 aromatic heterocycles. The average molecular weight is 546 g/mol. The summed E-state index contributed by atoms with van der Waals surface area (Å²) >= 11 is 6.67. The second-order valence-corrected chi connectivity index (χ2v) is 7.98. The second kappa shape index (κ2) is 10.9.